The Morgan fingerprint density at radius 2 is 1.39 bits per heavy atom. The number of thioether (sulfide) groups is 1. The van der Waals surface area contributed by atoms with Crippen molar-refractivity contribution in [2.45, 2.75) is 17.7 Å². The lowest BCUT2D eigenvalue weighted by molar-refractivity contribution is -0.140. The largest absolute Gasteiger partial charge is 0.497 e. The van der Waals surface area contributed by atoms with Crippen molar-refractivity contribution < 1.29 is 19.4 Å². The number of hydrogen-bond donors (Lipinski definition) is 2. The molecule has 0 bridgehead atoms. The Bertz CT molecular complexity index is 967. The van der Waals surface area contributed by atoms with Gasteiger partial charge in [-0.15, -0.1) is 11.8 Å². The fourth-order valence-corrected chi connectivity index (χ4v) is 5.10. The summed E-state index contributed by atoms with van der Waals surface area (Å²) in [4.78, 5) is 23.4. The molecular formula is C25H25NO4S. The van der Waals surface area contributed by atoms with Crippen LogP contribution >= 0.6 is 11.8 Å². The molecule has 3 rings (SSSR count). The van der Waals surface area contributed by atoms with E-state index in [1.165, 1.54) is 18.7 Å². The Kier molecular flexibility index (Phi) is 7.36. The lowest BCUT2D eigenvalue weighted by atomic mass is 9.84. The average molecular weight is 436 g/mol. The summed E-state index contributed by atoms with van der Waals surface area (Å²) >= 11 is 1.48. The van der Waals surface area contributed by atoms with E-state index >= 15 is 0 Å². The molecule has 0 fully saturated rings. The van der Waals surface area contributed by atoms with Gasteiger partial charge in [0.1, 0.15) is 11.8 Å². The minimum atomic E-state index is -1.06. The molecule has 3 aromatic carbocycles. The summed E-state index contributed by atoms with van der Waals surface area (Å²) in [5.41, 5.74) is 3.02. The van der Waals surface area contributed by atoms with E-state index in [1.54, 1.807) is 7.11 Å². The predicted octanol–water partition coefficient (Wildman–Crippen LogP) is 4.31. The van der Waals surface area contributed by atoms with Crippen molar-refractivity contribution in [3.05, 3.63) is 102 Å². The molecule has 0 heterocycles. The molecule has 0 saturated carbocycles. The summed E-state index contributed by atoms with van der Waals surface area (Å²) in [7, 11) is 1.62. The highest BCUT2D eigenvalue weighted by Gasteiger charge is 2.38. The number of hydrogen-bond acceptors (Lipinski definition) is 4. The Labute approximate surface area is 186 Å². The quantitative estimate of drug-likeness (QED) is 0.490. The van der Waals surface area contributed by atoms with E-state index in [9.17, 15) is 14.7 Å². The van der Waals surface area contributed by atoms with Crippen LogP contribution in [0.1, 0.15) is 23.6 Å². The third kappa shape index (κ3) is 5.09. The first kappa shape index (κ1) is 22.4. The van der Waals surface area contributed by atoms with E-state index in [0.717, 1.165) is 22.4 Å². The normalized spacial score (nSPS) is 12.1. The molecule has 0 aliphatic heterocycles. The summed E-state index contributed by atoms with van der Waals surface area (Å²) < 4.78 is 4.66. The molecule has 160 valence electrons. The molecule has 5 nitrogen and oxygen atoms in total. The molecule has 0 saturated heterocycles. The van der Waals surface area contributed by atoms with Crippen LogP contribution in [0, 0.1) is 0 Å². The van der Waals surface area contributed by atoms with Gasteiger partial charge in [-0.25, -0.2) is 4.79 Å². The fourth-order valence-electron chi connectivity index (χ4n) is 3.55. The summed E-state index contributed by atoms with van der Waals surface area (Å²) in [6, 6.07) is 26.8. The molecule has 0 spiro atoms. The van der Waals surface area contributed by atoms with Crippen molar-refractivity contribution in [2.24, 2.45) is 0 Å². The number of carboxylic acids is 1. The highest BCUT2D eigenvalue weighted by molar-refractivity contribution is 8.00. The highest BCUT2D eigenvalue weighted by atomic mass is 32.2. The van der Waals surface area contributed by atoms with Crippen LogP contribution in [-0.4, -0.2) is 35.9 Å². The van der Waals surface area contributed by atoms with Crippen molar-refractivity contribution in [3.63, 3.8) is 0 Å². The number of carbonyl (C=O) groups is 2. The van der Waals surface area contributed by atoms with Crippen LogP contribution in [0.25, 0.3) is 0 Å². The van der Waals surface area contributed by atoms with Gasteiger partial charge in [0.25, 0.3) is 0 Å². The summed E-state index contributed by atoms with van der Waals surface area (Å²) in [6.07, 6.45) is 0. The van der Waals surface area contributed by atoms with Gasteiger partial charge in [0.05, 0.1) is 11.9 Å². The molecule has 6 heteroatoms. The van der Waals surface area contributed by atoms with Crippen LogP contribution in [0.2, 0.25) is 0 Å². The van der Waals surface area contributed by atoms with E-state index < -0.39 is 16.8 Å². The molecular weight excluding hydrogens is 410 g/mol. The SMILES string of the molecule is COc1ccc(C(SC[C@H](NC(C)=O)C(=O)O)(c2ccccc2)c2ccccc2)cc1. The van der Waals surface area contributed by atoms with Crippen LogP contribution in [-0.2, 0) is 14.3 Å². The van der Waals surface area contributed by atoms with Gasteiger partial charge in [0.2, 0.25) is 5.91 Å². The Morgan fingerprint density at radius 1 is 0.903 bits per heavy atom. The number of carboxylic acid groups (broad SMARTS) is 1. The lowest BCUT2D eigenvalue weighted by Gasteiger charge is -2.36. The van der Waals surface area contributed by atoms with Crippen LogP contribution in [0.4, 0.5) is 0 Å². The van der Waals surface area contributed by atoms with Crippen molar-refractivity contribution in [3.8, 4) is 5.75 Å². The first-order chi connectivity index (χ1) is 15.0. The minimum Gasteiger partial charge on any atom is -0.497 e. The van der Waals surface area contributed by atoms with Crippen LogP contribution in [0.3, 0.4) is 0 Å². The van der Waals surface area contributed by atoms with E-state index in [0.29, 0.717) is 0 Å². The van der Waals surface area contributed by atoms with E-state index in [4.69, 9.17) is 4.74 Å². The zero-order valence-electron chi connectivity index (χ0n) is 17.4. The van der Waals surface area contributed by atoms with Gasteiger partial charge in [0.15, 0.2) is 0 Å². The van der Waals surface area contributed by atoms with Crippen LogP contribution < -0.4 is 10.1 Å². The number of amides is 1. The second-order valence-electron chi connectivity index (χ2n) is 7.04. The van der Waals surface area contributed by atoms with E-state index in [2.05, 4.69) is 5.32 Å². The molecule has 31 heavy (non-hydrogen) atoms. The maximum absolute atomic E-state index is 11.8. The Morgan fingerprint density at radius 3 is 1.81 bits per heavy atom. The molecule has 0 unspecified atom stereocenters. The van der Waals surface area contributed by atoms with Gasteiger partial charge in [-0.1, -0.05) is 72.8 Å². The maximum atomic E-state index is 11.8. The van der Waals surface area contributed by atoms with Gasteiger partial charge in [-0.2, -0.15) is 0 Å². The Balaban J connectivity index is 2.17. The van der Waals surface area contributed by atoms with Crippen molar-refractivity contribution in [1.29, 1.82) is 0 Å². The van der Waals surface area contributed by atoms with Crippen LogP contribution in [0.15, 0.2) is 84.9 Å². The van der Waals surface area contributed by atoms with Crippen molar-refractivity contribution >= 4 is 23.6 Å². The minimum absolute atomic E-state index is 0.185. The average Bonchev–Trinajstić information content (AvgIpc) is 2.80. The highest BCUT2D eigenvalue weighted by Crippen LogP contribution is 2.48. The predicted molar refractivity (Wildman–Crippen MR) is 123 cm³/mol. The second-order valence-corrected chi connectivity index (χ2v) is 8.28. The molecule has 0 aromatic heterocycles. The van der Waals surface area contributed by atoms with Gasteiger partial charge in [-0.3, -0.25) is 4.79 Å². The smallest absolute Gasteiger partial charge is 0.327 e. The van der Waals surface area contributed by atoms with Gasteiger partial charge in [0, 0.05) is 12.7 Å². The Hall–Kier alpha value is -3.25. The zero-order chi connectivity index (χ0) is 22.3. The van der Waals surface area contributed by atoms with Gasteiger partial charge < -0.3 is 15.2 Å². The van der Waals surface area contributed by atoms with Crippen LogP contribution in [0.5, 0.6) is 5.75 Å². The number of ether oxygens (including phenoxy) is 1. The first-order valence-corrected chi connectivity index (χ1v) is 10.9. The standard InChI is InChI=1S/C25H25NO4S/c1-18(27)26-23(24(28)29)17-31-25(19-9-5-3-6-10-19,20-11-7-4-8-12-20)21-13-15-22(30-2)16-14-21/h3-16,23H,17H2,1-2H3,(H,26,27)(H,28,29)/t23-/m0/s1. The number of carbonyl (C=O) groups excluding carboxylic acids is 1. The zero-order valence-corrected chi connectivity index (χ0v) is 18.3. The first-order valence-electron chi connectivity index (χ1n) is 9.87. The van der Waals surface area contributed by atoms with Gasteiger partial charge >= 0.3 is 5.97 Å². The molecule has 0 aliphatic carbocycles. The number of methoxy groups -OCH3 is 1. The molecule has 2 N–H and O–H groups in total. The fraction of sp³-hybridized carbons (Fsp3) is 0.200. The molecule has 0 aliphatic rings. The van der Waals surface area contributed by atoms with E-state index in [-0.39, 0.29) is 11.7 Å². The number of rotatable bonds is 9. The van der Waals surface area contributed by atoms with Crippen molar-refractivity contribution in [2.75, 3.05) is 12.9 Å². The summed E-state index contributed by atoms with van der Waals surface area (Å²) in [5, 5.41) is 12.2. The number of aliphatic carboxylic acids is 1. The lowest BCUT2D eigenvalue weighted by Crippen LogP contribution is -2.42. The van der Waals surface area contributed by atoms with Crippen molar-refractivity contribution in [1.82, 2.24) is 5.32 Å². The monoisotopic (exact) mass is 435 g/mol. The molecule has 3 aromatic rings. The molecule has 0 radical (unpaired) electrons. The second kappa shape index (κ2) is 10.2. The summed E-state index contributed by atoms with van der Waals surface area (Å²) in [5.74, 6) is -0.509. The molecule has 1 amide bonds. The maximum Gasteiger partial charge on any atom is 0.327 e. The van der Waals surface area contributed by atoms with E-state index in [1.807, 2.05) is 84.9 Å². The number of benzene rings is 3. The topological polar surface area (TPSA) is 75.6 Å². The third-order valence-corrected chi connectivity index (χ3v) is 6.64. The molecule has 1 atom stereocenters. The van der Waals surface area contributed by atoms with Gasteiger partial charge in [-0.05, 0) is 28.8 Å². The third-order valence-electron chi connectivity index (χ3n) is 5.00. The number of nitrogens with one attached hydrogen (secondary N) is 1. The summed E-state index contributed by atoms with van der Waals surface area (Å²) in [6.45, 7) is 1.33.